The summed E-state index contributed by atoms with van der Waals surface area (Å²) in [5.74, 6) is 0.316. The van der Waals surface area contributed by atoms with E-state index in [0.717, 1.165) is 24.8 Å². The second-order valence-electron chi connectivity index (χ2n) is 7.31. The molecule has 0 aromatic heterocycles. The number of rotatable bonds is 6. The molecule has 1 atom stereocenters. The second-order valence-corrected chi connectivity index (χ2v) is 7.75. The highest BCUT2D eigenvalue weighted by molar-refractivity contribution is 6.30. The molecular formula is C23H27ClN2O3. The molecule has 0 aliphatic carbocycles. The number of carbonyl (C=O) groups is 2. The Bertz CT molecular complexity index is 803. The molecule has 2 aromatic rings. The maximum atomic E-state index is 12.8. The Morgan fingerprint density at radius 3 is 2.38 bits per heavy atom. The average Bonchev–Trinajstić information content (AvgIpc) is 2.75. The number of piperidine rings is 1. The number of nitrogens with zero attached hydrogens (tertiary/aromatic N) is 1. The van der Waals surface area contributed by atoms with Crippen molar-refractivity contribution in [1.29, 1.82) is 0 Å². The highest BCUT2D eigenvalue weighted by Crippen LogP contribution is 2.29. The first-order chi connectivity index (χ1) is 14.1. The van der Waals surface area contributed by atoms with Gasteiger partial charge in [0.2, 0.25) is 0 Å². The third kappa shape index (κ3) is 5.97. The zero-order valence-electron chi connectivity index (χ0n) is 16.6. The standard InChI is InChI=1S/C23H27ClN2O3/c1-2-29-23(28)26-14-12-17(13-15-26)16-21(18-6-4-3-5-7-18)25-22(27)19-8-10-20(24)11-9-19/h3-11,17,21H,2,12-16H2,1H3,(H,25,27). The van der Waals surface area contributed by atoms with E-state index >= 15 is 0 Å². The quantitative estimate of drug-likeness (QED) is 0.717. The Morgan fingerprint density at radius 2 is 1.76 bits per heavy atom. The molecule has 0 spiro atoms. The van der Waals surface area contributed by atoms with Gasteiger partial charge in [0.25, 0.3) is 5.91 Å². The van der Waals surface area contributed by atoms with Crippen LogP contribution in [0.1, 0.15) is 48.1 Å². The molecule has 5 nitrogen and oxygen atoms in total. The molecule has 2 aromatic carbocycles. The molecule has 1 heterocycles. The van der Waals surface area contributed by atoms with Crippen LogP contribution in [0.2, 0.25) is 5.02 Å². The van der Waals surface area contributed by atoms with E-state index in [-0.39, 0.29) is 18.0 Å². The molecule has 2 amide bonds. The fourth-order valence-corrected chi connectivity index (χ4v) is 3.83. The van der Waals surface area contributed by atoms with Crippen LogP contribution in [-0.2, 0) is 4.74 Å². The van der Waals surface area contributed by atoms with Crippen LogP contribution < -0.4 is 5.32 Å². The molecule has 1 aliphatic rings. The maximum Gasteiger partial charge on any atom is 0.409 e. The third-order valence-corrected chi connectivity index (χ3v) is 5.58. The van der Waals surface area contributed by atoms with E-state index in [9.17, 15) is 9.59 Å². The monoisotopic (exact) mass is 414 g/mol. The summed E-state index contributed by atoms with van der Waals surface area (Å²) in [7, 11) is 0. The summed E-state index contributed by atoms with van der Waals surface area (Å²) < 4.78 is 5.10. The minimum Gasteiger partial charge on any atom is -0.450 e. The predicted molar refractivity (Wildman–Crippen MR) is 114 cm³/mol. The molecule has 3 rings (SSSR count). The van der Waals surface area contributed by atoms with Crippen molar-refractivity contribution in [1.82, 2.24) is 10.2 Å². The number of nitrogens with one attached hydrogen (secondary N) is 1. The van der Waals surface area contributed by atoms with Gasteiger partial charge in [-0.1, -0.05) is 41.9 Å². The van der Waals surface area contributed by atoms with E-state index in [0.29, 0.717) is 36.2 Å². The fraction of sp³-hybridized carbons (Fsp3) is 0.391. The Balaban J connectivity index is 1.65. The molecule has 154 valence electrons. The predicted octanol–water partition coefficient (Wildman–Crippen LogP) is 5.07. The molecule has 0 bridgehead atoms. The van der Waals surface area contributed by atoms with Gasteiger partial charge in [-0.2, -0.15) is 0 Å². The molecule has 1 unspecified atom stereocenters. The van der Waals surface area contributed by atoms with Crippen LogP contribution >= 0.6 is 11.6 Å². The number of likely N-dealkylation sites (tertiary alicyclic amines) is 1. The lowest BCUT2D eigenvalue weighted by atomic mass is 9.87. The zero-order valence-corrected chi connectivity index (χ0v) is 17.4. The molecule has 1 aliphatic heterocycles. The number of hydrogen-bond acceptors (Lipinski definition) is 3. The molecule has 1 N–H and O–H groups in total. The average molecular weight is 415 g/mol. The van der Waals surface area contributed by atoms with Crippen LogP contribution in [0.15, 0.2) is 54.6 Å². The van der Waals surface area contributed by atoms with Gasteiger partial charge in [-0.05, 0) is 61.9 Å². The van der Waals surface area contributed by atoms with E-state index in [2.05, 4.69) is 5.32 Å². The van der Waals surface area contributed by atoms with Gasteiger partial charge in [0.1, 0.15) is 0 Å². The maximum absolute atomic E-state index is 12.8. The fourth-order valence-electron chi connectivity index (χ4n) is 3.71. The first-order valence-corrected chi connectivity index (χ1v) is 10.5. The zero-order chi connectivity index (χ0) is 20.6. The van der Waals surface area contributed by atoms with Gasteiger partial charge in [-0.3, -0.25) is 4.79 Å². The summed E-state index contributed by atoms with van der Waals surface area (Å²) in [6.45, 7) is 3.59. The van der Waals surface area contributed by atoms with Crippen LogP contribution in [0.25, 0.3) is 0 Å². The van der Waals surface area contributed by atoms with Crippen molar-refractivity contribution in [3.05, 3.63) is 70.7 Å². The van der Waals surface area contributed by atoms with Gasteiger partial charge in [-0.25, -0.2) is 4.79 Å². The van der Waals surface area contributed by atoms with Crippen molar-refractivity contribution in [3.63, 3.8) is 0 Å². The summed E-state index contributed by atoms with van der Waals surface area (Å²) in [5, 5.41) is 3.79. The van der Waals surface area contributed by atoms with Crippen LogP contribution in [0.4, 0.5) is 4.79 Å². The van der Waals surface area contributed by atoms with Gasteiger partial charge < -0.3 is 15.0 Å². The third-order valence-electron chi connectivity index (χ3n) is 5.32. The van der Waals surface area contributed by atoms with Crippen molar-refractivity contribution >= 4 is 23.6 Å². The molecule has 0 radical (unpaired) electrons. The smallest absolute Gasteiger partial charge is 0.409 e. The normalized spacial score (nSPS) is 15.6. The number of hydrogen-bond donors (Lipinski definition) is 1. The lowest BCUT2D eigenvalue weighted by Crippen LogP contribution is -2.40. The minimum atomic E-state index is -0.235. The summed E-state index contributed by atoms with van der Waals surface area (Å²) >= 11 is 5.93. The van der Waals surface area contributed by atoms with Crippen LogP contribution in [-0.4, -0.2) is 36.6 Å². The molecule has 0 saturated carbocycles. The number of carbonyl (C=O) groups excluding carboxylic acids is 2. The van der Waals surface area contributed by atoms with Crippen molar-refractivity contribution in [3.8, 4) is 0 Å². The van der Waals surface area contributed by atoms with Crippen molar-refractivity contribution in [2.24, 2.45) is 5.92 Å². The minimum absolute atomic E-state index is 0.0847. The van der Waals surface area contributed by atoms with Crippen molar-refractivity contribution < 1.29 is 14.3 Å². The Hall–Kier alpha value is -2.53. The molecule has 1 fully saturated rings. The Morgan fingerprint density at radius 1 is 1.10 bits per heavy atom. The molecule has 29 heavy (non-hydrogen) atoms. The van der Waals surface area contributed by atoms with E-state index in [1.54, 1.807) is 29.2 Å². The van der Waals surface area contributed by atoms with Crippen LogP contribution in [0.5, 0.6) is 0 Å². The summed E-state index contributed by atoms with van der Waals surface area (Å²) in [6, 6.07) is 16.9. The van der Waals surface area contributed by atoms with Crippen molar-refractivity contribution in [2.45, 2.75) is 32.2 Å². The van der Waals surface area contributed by atoms with E-state index in [1.165, 1.54) is 0 Å². The summed E-state index contributed by atoms with van der Waals surface area (Å²) in [5.41, 5.74) is 1.68. The number of benzene rings is 2. The molecule has 6 heteroatoms. The lowest BCUT2D eigenvalue weighted by Gasteiger charge is -2.33. The molecular weight excluding hydrogens is 388 g/mol. The second kappa shape index (κ2) is 10.3. The topological polar surface area (TPSA) is 58.6 Å². The van der Waals surface area contributed by atoms with Gasteiger partial charge in [0.05, 0.1) is 12.6 Å². The highest BCUT2D eigenvalue weighted by Gasteiger charge is 2.27. The lowest BCUT2D eigenvalue weighted by molar-refractivity contribution is 0.0874. The number of amides is 2. The number of ether oxygens (including phenoxy) is 1. The Kier molecular flexibility index (Phi) is 7.53. The largest absolute Gasteiger partial charge is 0.450 e. The van der Waals surface area contributed by atoms with Crippen LogP contribution in [0, 0.1) is 5.92 Å². The van der Waals surface area contributed by atoms with Gasteiger partial charge in [0, 0.05) is 23.7 Å². The van der Waals surface area contributed by atoms with E-state index in [4.69, 9.17) is 16.3 Å². The summed E-state index contributed by atoms with van der Waals surface area (Å²) in [6.07, 6.45) is 2.40. The van der Waals surface area contributed by atoms with Crippen LogP contribution in [0.3, 0.4) is 0 Å². The number of halogens is 1. The highest BCUT2D eigenvalue weighted by atomic mass is 35.5. The van der Waals surface area contributed by atoms with E-state index < -0.39 is 0 Å². The molecule has 1 saturated heterocycles. The van der Waals surface area contributed by atoms with Gasteiger partial charge >= 0.3 is 6.09 Å². The van der Waals surface area contributed by atoms with Gasteiger partial charge in [-0.15, -0.1) is 0 Å². The summed E-state index contributed by atoms with van der Waals surface area (Å²) in [4.78, 5) is 26.5. The SMILES string of the molecule is CCOC(=O)N1CCC(CC(NC(=O)c2ccc(Cl)cc2)c2ccccc2)CC1. The Labute approximate surface area is 177 Å². The van der Waals surface area contributed by atoms with E-state index in [1.807, 2.05) is 37.3 Å². The van der Waals surface area contributed by atoms with Gasteiger partial charge in [0.15, 0.2) is 0 Å². The first kappa shape index (κ1) is 21.2. The first-order valence-electron chi connectivity index (χ1n) is 10.1. The van der Waals surface area contributed by atoms with Crippen molar-refractivity contribution in [2.75, 3.05) is 19.7 Å².